The van der Waals surface area contributed by atoms with Gasteiger partial charge in [0.25, 0.3) is 0 Å². The molecule has 1 aliphatic heterocycles. The molecule has 3 fully saturated rings. The first-order chi connectivity index (χ1) is 15.3. The lowest BCUT2D eigenvalue weighted by atomic mass is 9.46. The third-order valence-corrected chi connectivity index (χ3v) is 9.45. The summed E-state index contributed by atoms with van der Waals surface area (Å²) in [5.41, 5.74) is 2.48. The number of nitrogens with zero attached hydrogens (tertiary/aromatic N) is 1. The zero-order valence-corrected chi connectivity index (χ0v) is 20.8. The highest BCUT2D eigenvalue weighted by Gasteiger charge is 2.57. The van der Waals surface area contributed by atoms with E-state index < -0.39 is 0 Å². The average Bonchev–Trinajstić information content (AvgIpc) is 3.21. The van der Waals surface area contributed by atoms with E-state index in [1.165, 1.54) is 43.5 Å². The van der Waals surface area contributed by atoms with Gasteiger partial charge >= 0.3 is 5.97 Å². The van der Waals surface area contributed by atoms with Crippen LogP contribution in [0.5, 0.6) is 0 Å². The molecule has 0 radical (unpaired) electrons. The maximum Gasteiger partial charge on any atom is 0.311 e. The van der Waals surface area contributed by atoms with Gasteiger partial charge in [0, 0.05) is 0 Å². The highest BCUT2D eigenvalue weighted by atomic mass is 16.5. The van der Waals surface area contributed by atoms with E-state index in [0.29, 0.717) is 11.8 Å². The molecule has 4 nitrogen and oxygen atoms in total. The van der Waals surface area contributed by atoms with Crippen molar-refractivity contribution < 1.29 is 13.9 Å². The number of allylic oxidation sites excluding steroid dienone is 1. The molecule has 4 atom stereocenters. The molecule has 32 heavy (non-hydrogen) atoms. The van der Waals surface area contributed by atoms with E-state index in [4.69, 9.17) is 9.15 Å². The zero-order valence-electron chi connectivity index (χ0n) is 20.8. The quantitative estimate of drug-likeness (QED) is 0.379. The summed E-state index contributed by atoms with van der Waals surface area (Å²) in [6, 6.07) is 2.17. The minimum Gasteiger partial charge on any atom is -0.469 e. The minimum atomic E-state index is -0.368. The summed E-state index contributed by atoms with van der Waals surface area (Å²) >= 11 is 0. The van der Waals surface area contributed by atoms with Gasteiger partial charge in [0.15, 0.2) is 0 Å². The SMILES string of the molecule is C=C1CCC2C(C)(C(=O)OC)CCCC2(C)C1CCc1ccoc1CN1CCC(C)CC1. The van der Waals surface area contributed by atoms with E-state index in [0.717, 1.165) is 56.7 Å². The third-order valence-electron chi connectivity index (χ3n) is 9.45. The molecular weight excluding hydrogens is 398 g/mol. The second-order valence-corrected chi connectivity index (χ2v) is 11.4. The first-order valence-corrected chi connectivity index (χ1v) is 12.8. The van der Waals surface area contributed by atoms with Crippen molar-refractivity contribution >= 4 is 5.97 Å². The molecule has 2 aliphatic carbocycles. The van der Waals surface area contributed by atoms with Crippen LogP contribution >= 0.6 is 0 Å². The number of furan rings is 1. The van der Waals surface area contributed by atoms with Crippen LogP contribution in [0.15, 0.2) is 28.9 Å². The topological polar surface area (TPSA) is 42.7 Å². The monoisotopic (exact) mass is 441 g/mol. The van der Waals surface area contributed by atoms with Crippen molar-refractivity contribution in [2.45, 2.75) is 85.1 Å². The summed E-state index contributed by atoms with van der Waals surface area (Å²) in [6.07, 6.45) is 11.9. The van der Waals surface area contributed by atoms with Gasteiger partial charge in [-0.2, -0.15) is 0 Å². The van der Waals surface area contributed by atoms with E-state index in [9.17, 15) is 4.79 Å². The number of fused-ring (bicyclic) bond motifs is 1. The zero-order chi connectivity index (χ0) is 22.9. The fourth-order valence-electron chi connectivity index (χ4n) is 7.41. The molecular formula is C28H43NO3. The molecule has 0 spiro atoms. The number of esters is 1. The third kappa shape index (κ3) is 4.32. The van der Waals surface area contributed by atoms with Crippen LogP contribution in [0.25, 0.3) is 0 Å². The normalized spacial score (nSPS) is 34.3. The number of hydrogen-bond acceptors (Lipinski definition) is 4. The summed E-state index contributed by atoms with van der Waals surface area (Å²) in [5, 5.41) is 0. The number of methoxy groups -OCH3 is 1. The Morgan fingerprint density at radius 2 is 2.00 bits per heavy atom. The van der Waals surface area contributed by atoms with Gasteiger partial charge in [-0.25, -0.2) is 0 Å². The number of hydrogen-bond donors (Lipinski definition) is 0. The van der Waals surface area contributed by atoms with Gasteiger partial charge in [0.05, 0.1) is 25.3 Å². The van der Waals surface area contributed by atoms with Crippen LogP contribution in [0.2, 0.25) is 0 Å². The Kier molecular flexibility index (Phi) is 6.91. The molecule has 3 aliphatic rings. The molecule has 0 N–H and O–H groups in total. The fourth-order valence-corrected chi connectivity index (χ4v) is 7.41. The molecule has 1 aromatic rings. The molecule has 4 rings (SSSR count). The van der Waals surface area contributed by atoms with Crippen molar-refractivity contribution in [2.75, 3.05) is 20.2 Å². The number of carbonyl (C=O) groups excluding carboxylic acids is 1. The number of likely N-dealkylation sites (tertiary alicyclic amines) is 1. The number of ether oxygens (including phenoxy) is 1. The van der Waals surface area contributed by atoms with E-state index in [1.54, 1.807) is 7.11 Å². The van der Waals surface area contributed by atoms with E-state index >= 15 is 0 Å². The van der Waals surface area contributed by atoms with Crippen molar-refractivity contribution in [1.82, 2.24) is 4.90 Å². The lowest BCUT2D eigenvalue weighted by Gasteiger charge is -2.57. The van der Waals surface area contributed by atoms with E-state index in [-0.39, 0.29) is 16.8 Å². The first kappa shape index (κ1) is 23.6. The van der Waals surface area contributed by atoms with Crippen LogP contribution in [-0.4, -0.2) is 31.1 Å². The van der Waals surface area contributed by atoms with Gasteiger partial charge < -0.3 is 9.15 Å². The van der Waals surface area contributed by atoms with Crippen LogP contribution in [0, 0.1) is 28.6 Å². The molecule has 0 bridgehead atoms. The first-order valence-electron chi connectivity index (χ1n) is 12.8. The maximum atomic E-state index is 12.8. The smallest absolute Gasteiger partial charge is 0.311 e. The number of carbonyl (C=O) groups is 1. The Labute approximate surface area is 194 Å². The molecule has 0 amide bonds. The summed E-state index contributed by atoms with van der Waals surface area (Å²) in [4.78, 5) is 15.4. The van der Waals surface area contributed by atoms with Crippen LogP contribution in [0.3, 0.4) is 0 Å². The second kappa shape index (κ2) is 9.37. The van der Waals surface area contributed by atoms with Gasteiger partial charge in [-0.15, -0.1) is 0 Å². The Hall–Kier alpha value is -1.55. The summed E-state index contributed by atoms with van der Waals surface area (Å²) in [6.45, 7) is 14.7. The number of rotatable bonds is 6. The maximum absolute atomic E-state index is 12.8. The number of piperidine rings is 1. The molecule has 4 heteroatoms. The van der Waals surface area contributed by atoms with E-state index in [2.05, 4.69) is 38.3 Å². The van der Waals surface area contributed by atoms with Crippen LogP contribution < -0.4 is 0 Å². The number of aryl methyl sites for hydroxylation is 1. The molecule has 0 aromatic carbocycles. The molecule has 2 saturated carbocycles. The van der Waals surface area contributed by atoms with Crippen molar-refractivity contribution in [1.29, 1.82) is 0 Å². The Morgan fingerprint density at radius 3 is 2.72 bits per heavy atom. The fraction of sp³-hybridized carbons (Fsp3) is 0.750. The molecule has 1 saturated heterocycles. The predicted molar refractivity (Wildman–Crippen MR) is 128 cm³/mol. The molecule has 4 unspecified atom stereocenters. The van der Waals surface area contributed by atoms with Crippen LogP contribution in [0.1, 0.15) is 83.5 Å². The van der Waals surface area contributed by atoms with Crippen molar-refractivity contribution in [3.8, 4) is 0 Å². The highest BCUT2D eigenvalue weighted by Crippen LogP contribution is 2.62. The summed E-state index contributed by atoms with van der Waals surface area (Å²) in [7, 11) is 1.54. The Morgan fingerprint density at radius 1 is 1.25 bits per heavy atom. The van der Waals surface area contributed by atoms with Gasteiger partial charge in [0.1, 0.15) is 5.76 Å². The van der Waals surface area contributed by atoms with Gasteiger partial charge in [-0.3, -0.25) is 9.69 Å². The van der Waals surface area contributed by atoms with Gasteiger partial charge in [0.2, 0.25) is 0 Å². The van der Waals surface area contributed by atoms with Crippen LogP contribution in [0.4, 0.5) is 0 Å². The predicted octanol–water partition coefficient (Wildman–Crippen LogP) is 6.40. The van der Waals surface area contributed by atoms with E-state index in [1.807, 2.05) is 6.26 Å². The Bertz CT molecular complexity index is 820. The molecule has 1 aromatic heterocycles. The van der Waals surface area contributed by atoms with Crippen LogP contribution in [-0.2, 0) is 22.5 Å². The second-order valence-electron chi connectivity index (χ2n) is 11.4. The summed E-state index contributed by atoms with van der Waals surface area (Å²) < 4.78 is 11.2. The van der Waals surface area contributed by atoms with Crippen molar-refractivity contribution in [3.05, 3.63) is 35.8 Å². The lowest BCUT2D eigenvalue weighted by Crippen LogP contribution is -2.53. The Balaban J connectivity index is 1.47. The van der Waals surface area contributed by atoms with Crippen molar-refractivity contribution in [3.63, 3.8) is 0 Å². The average molecular weight is 442 g/mol. The lowest BCUT2D eigenvalue weighted by molar-refractivity contribution is -0.168. The summed E-state index contributed by atoms with van der Waals surface area (Å²) in [5.74, 6) is 2.79. The molecule has 178 valence electrons. The van der Waals surface area contributed by atoms with Crippen molar-refractivity contribution in [2.24, 2.45) is 28.6 Å². The minimum absolute atomic E-state index is 0.0207. The largest absolute Gasteiger partial charge is 0.469 e. The molecule has 2 heterocycles. The van der Waals surface area contributed by atoms with Gasteiger partial charge in [-0.1, -0.05) is 32.4 Å². The van der Waals surface area contributed by atoms with Gasteiger partial charge in [-0.05, 0) is 106 Å². The highest BCUT2D eigenvalue weighted by molar-refractivity contribution is 5.77. The standard InChI is InChI=1S/C28H43NO3/c1-20-11-16-29(17-12-20)19-24-22(13-18-32-24)8-9-23-21(2)7-10-25-27(23,3)14-6-15-28(25,4)26(30)31-5/h13,18,20,23,25H,2,6-12,14-17,19H2,1,3-5H3.